The van der Waals surface area contributed by atoms with E-state index in [1.54, 1.807) is 0 Å². The predicted octanol–water partition coefficient (Wildman–Crippen LogP) is 1.58. The van der Waals surface area contributed by atoms with E-state index in [0.717, 1.165) is 43.3 Å². The molecule has 4 heteroatoms. The molecule has 1 atom stereocenters. The molecule has 2 rings (SSSR count). The molecule has 112 valence electrons. The van der Waals surface area contributed by atoms with E-state index in [4.69, 9.17) is 5.73 Å². The van der Waals surface area contributed by atoms with Crippen LogP contribution in [0.2, 0.25) is 0 Å². The number of anilines is 1. The van der Waals surface area contributed by atoms with Crippen LogP contribution >= 0.6 is 0 Å². The number of aliphatic hydroxyl groups is 1. The Morgan fingerprint density at radius 2 is 1.50 bits per heavy atom. The Labute approximate surface area is 122 Å². The van der Waals surface area contributed by atoms with Crippen LogP contribution in [-0.2, 0) is 0 Å². The highest BCUT2D eigenvalue weighted by atomic mass is 16.3. The molecule has 1 aromatic rings. The minimum absolute atomic E-state index is 0.424. The molecule has 0 aliphatic carbocycles. The molecule has 1 aliphatic rings. The van der Waals surface area contributed by atoms with Crippen molar-refractivity contribution in [1.29, 1.82) is 0 Å². The summed E-state index contributed by atoms with van der Waals surface area (Å²) in [6.45, 7) is 10.7. The predicted molar refractivity (Wildman–Crippen MR) is 83.5 cm³/mol. The minimum atomic E-state index is -0.424. The van der Waals surface area contributed by atoms with Gasteiger partial charge in [0.2, 0.25) is 0 Å². The zero-order chi connectivity index (χ0) is 14.5. The van der Waals surface area contributed by atoms with Gasteiger partial charge in [-0.15, -0.1) is 0 Å². The minimum Gasteiger partial charge on any atom is -0.399 e. The van der Waals surface area contributed by atoms with E-state index in [9.17, 15) is 5.11 Å². The Morgan fingerprint density at radius 3 is 2.00 bits per heavy atom. The maximum atomic E-state index is 10.3. The van der Waals surface area contributed by atoms with Gasteiger partial charge in [0, 0.05) is 45.0 Å². The van der Waals surface area contributed by atoms with Gasteiger partial charge < -0.3 is 15.7 Å². The van der Waals surface area contributed by atoms with E-state index in [1.165, 1.54) is 6.54 Å². The lowest BCUT2D eigenvalue weighted by atomic mass is 10.1. The van der Waals surface area contributed by atoms with Crippen LogP contribution in [0.25, 0.3) is 0 Å². The molecule has 1 aliphatic heterocycles. The lowest BCUT2D eigenvalue weighted by molar-refractivity contribution is 0.0687. The van der Waals surface area contributed by atoms with Gasteiger partial charge in [-0.2, -0.15) is 0 Å². The maximum Gasteiger partial charge on any atom is 0.0916 e. The average Bonchev–Trinajstić information content (AvgIpc) is 2.41. The first-order valence-corrected chi connectivity index (χ1v) is 7.53. The molecule has 1 unspecified atom stereocenters. The van der Waals surface area contributed by atoms with E-state index in [0.29, 0.717) is 6.54 Å². The average molecular weight is 277 g/mol. The molecule has 1 heterocycles. The largest absolute Gasteiger partial charge is 0.399 e. The van der Waals surface area contributed by atoms with Crippen LogP contribution in [0.4, 0.5) is 5.69 Å². The van der Waals surface area contributed by atoms with Crippen molar-refractivity contribution in [3.8, 4) is 0 Å². The number of nitrogen functional groups attached to an aromatic ring is 1. The van der Waals surface area contributed by atoms with E-state index in [-0.39, 0.29) is 0 Å². The number of β-amino-alcohol motifs (C(OH)–C–C–N with tert-alkyl or cyclic N) is 1. The van der Waals surface area contributed by atoms with E-state index >= 15 is 0 Å². The number of benzene rings is 1. The summed E-state index contributed by atoms with van der Waals surface area (Å²) in [6.07, 6.45) is -0.424. The van der Waals surface area contributed by atoms with Gasteiger partial charge in [0.05, 0.1) is 6.10 Å². The van der Waals surface area contributed by atoms with Crippen LogP contribution < -0.4 is 5.73 Å². The van der Waals surface area contributed by atoms with Crippen LogP contribution in [-0.4, -0.2) is 54.2 Å². The Morgan fingerprint density at radius 1 is 1.00 bits per heavy atom. The molecule has 0 bridgehead atoms. The fourth-order valence-electron chi connectivity index (χ4n) is 2.74. The molecular formula is C16H27N3O. The molecule has 0 saturated carbocycles. The van der Waals surface area contributed by atoms with Gasteiger partial charge in [0.15, 0.2) is 0 Å². The number of rotatable bonds is 5. The molecular weight excluding hydrogens is 250 g/mol. The Kier molecular flexibility index (Phi) is 5.40. The van der Waals surface area contributed by atoms with E-state index < -0.39 is 6.10 Å². The second-order valence-corrected chi connectivity index (χ2v) is 6.18. The van der Waals surface area contributed by atoms with Crippen molar-refractivity contribution in [1.82, 2.24) is 9.80 Å². The smallest absolute Gasteiger partial charge is 0.0916 e. The summed E-state index contributed by atoms with van der Waals surface area (Å²) in [5.41, 5.74) is 7.36. The third-order valence-electron chi connectivity index (χ3n) is 3.84. The van der Waals surface area contributed by atoms with Crippen molar-refractivity contribution in [3.05, 3.63) is 29.8 Å². The summed E-state index contributed by atoms with van der Waals surface area (Å²) in [7, 11) is 0. The lowest BCUT2D eigenvalue weighted by Gasteiger charge is -2.36. The number of nitrogens with two attached hydrogens (primary N) is 1. The Bertz CT molecular complexity index is 397. The molecule has 4 nitrogen and oxygen atoms in total. The SMILES string of the molecule is CC(C)CN1CCN(CC(O)c2ccc(N)cc2)CC1. The van der Waals surface area contributed by atoms with Gasteiger partial charge in [-0.05, 0) is 23.6 Å². The van der Waals surface area contributed by atoms with Crippen molar-refractivity contribution >= 4 is 5.69 Å². The fourth-order valence-corrected chi connectivity index (χ4v) is 2.74. The summed E-state index contributed by atoms with van der Waals surface area (Å²) in [6, 6.07) is 7.52. The van der Waals surface area contributed by atoms with E-state index in [2.05, 4.69) is 23.6 Å². The topological polar surface area (TPSA) is 52.7 Å². The third kappa shape index (κ3) is 4.47. The third-order valence-corrected chi connectivity index (χ3v) is 3.84. The van der Waals surface area contributed by atoms with Crippen LogP contribution in [0.5, 0.6) is 0 Å². The maximum absolute atomic E-state index is 10.3. The van der Waals surface area contributed by atoms with Gasteiger partial charge in [0.1, 0.15) is 0 Å². The lowest BCUT2D eigenvalue weighted by Crippen LogP contribution is -2.48. The first kappa shape index (κ1) is 15.3. The van der Waals surface area contributed by atoms with Gasteiger partial charge in [-0.25, -0.2) is 0 Å². The summed E-state index contributed by atoms with van der Waals surface area (Å²) in [4.78, 5) is 4.86. The monoisotopic (exact) mass is 277 g/mol. The number of hydrogen-bond donors (Lipinski definition) is 2. The number of piperazine rings is 1. The van der Waals surface area contributed by atoms with Gasteiger partial charge >= 0.3 is 0 Å². The molecule has 0 spiro atoms. The second-order valence-electron chi connectivity index (χ2n) is 6.18. The summed E-state index contributed by atoms with van der Waals surface area (Å²) in [5, 5.41) is 10.3. The van der Waals surface area contributed by atoms with Crippen molar-refractivity contribution in [2.45, 2.75) is 20.0 Å². The van der Waals surface area contributed by atoms with Crippen LogP contribution in [0.15, 0.2) is 24.3 Å². The molecule has 0 radical (unpaired) electrons. The highest BCUT2D eigenvalue weighted by molar-refractivity contribution is 5.39. The summed E-state index contributed by atoms with van der Waals surface area (Å²) >= 11 is 0. The Balaban J connectivity index is 1.79. The first-order chi connectivity index (χ1) is 9.54. The number of nitrogens with zero attached hydrogens (tertiary/aromatic N) is 2. The molecule has 3 N–H and O–H groups in total. The molecule has 1 aromatic carbocycles. The zero-order valence-corrected chi connectivity index (χ0v) is 12.6. The van der Waals surface area contributed by atoms with Crippen LogP contribution in [0.3, 0.4) is 0 Å². The van der Waals surface area contributed by atoms with Crippen molar-refractivity contribution < 1.29 is 5.11 Å². The normalized spacial score (nSPS) is 19.4. The second kappa shape index (κ2) is 7.07. The van der Waals surface area contributed by atoms with Gasteiger partial charge in [0.25, 0.3) is 0 Å². The molecule has 1 saturated heterocycles. The standard InChI is InChI=1S/C16H27N3O/c1-13(2)11-18-7-9-19(10-8-18)12-16(20)14-3-5-15(17)6-4-14/h3-6,13,16,20H,7-12,17H2,1-2H3. The summed E-state index contributed by atoms with van der Waals surface area (Å²) in [5.74, 6) is 0.724. The summed E-state index contributed by atoms with van der Waals surface area (Å²) < 4.78 is 0. The zero-order valence-electron chi connectivity index (χ0n) is 12.6. The molecule has 20 heavy (non-hydrogen) atoms. The molecule has 0 amide bonds. The van der Waals surface area contributed by atoms with Crippen LogP contribution in [0, 0.1) is 5.92 Å². The fraction of sp³-hybridized carbons (Fsp3) is 0.625. The number of hydrogen-bond acceptors (Lipinski definition) is 4. The highest BCUT2D eigenvalue weighted by Gasteiger charge is 2.20. The number of aliphatic hydroxyl groups excluding tert-OH is 1. The van der Waals surface area contributed by atoms with Crippen molar-refractivity contribution in [3.63, 3.8) is 0 Å². The Hall–Kier alpha value is -1.10. The molecule has 1 fully saturated rings. The van der Waals surface area contributed by atoms with Crippen LogP contribution in [0.1, 0.15) is 25.5 Å². The van der Waals surface area contributed by atoms with Crippen molar-refractivity contribution in [2.75, 3.05) is 45.0 Å². The van der Waals surface area contributed by atoms with Gasteiger partial charge in [-0.3, -0.25) is 4.90 Å². The van der Waals surface area contributed by atoms with Gasteiger partial charge in [-0.1, -0.05) is 26.0 Å². The quantitative estimate of drug-likeness (QED) is 0.802. The molecule has 0 aromatic heterocycles. The van der Waals surface area contributed by atoms with Crippen molar-refractivity contribution in [2.24, 2.45) is 5.92 Å². The van der Waals surface area contributed by atoms with E-state index in [1.807, 2.05) is 24.3 Å². The first-order valence-electron chi connectivity index (χ1n) is 7.53. The highest BCUT2D eigenvalue weighted by Crippen LogP contribution is 2.17.